The third-order valence-corrected chi connectivity index (χ3v) is 4.50. The van der Waals surface area contributed by atoms with Gasteiger partial charge in [0.05, 0.1) is 20.8 Å². The van der Waals surface area contributed by atoms with Crippen LogP contribution < -0.4 is 9.47 Å². The molecule has 1 unspecified atom stereocenters. The maximum Gasteiger partial charge on any atom is 0.240 e. The molecule has 0 amide bonds. The molecule has 0 bridgehead atoms. The number of methoxy groups -OCH3 is 2. The third-order valence-electron chi connectivity index (χ3n) is 4.50. The van der Waals surface area contributed by atoms with Gasteiger partial charge in [-0.1, -0.05) is 19.0 Å². The van der Waals surface area contributed by atoms with Crippen LogP contribution in [0.15, 0.2) is 22.7 Å². The lowest BCUT2D eigenvalue weighted by atomic mass is 10.0. The van der Waals surface area contributed by atoms with E-state index in [4.69, 9.17) is 14.0 Å². The molecular formula is C18H25N3O3. The summed E-state index contributed by atoms with van der Waals surface area (Å²) < 4.78 is 16.4. The van der Waals surface area contributed by atoms with Gasteiger partial charge in [-0.25, -0.2) is 0 Å². The molecule has 130 valence electrons. The molecule has 1 aromatic heterocycles. The van der Waals surface area contributed by atoms with Crippen molar-refractivity contribution >= 4 is 0 Å². The fourth-order valence-corrected chi connectivity index (χ4v) is 3.21. The normalized spacial score (nSPS) is 18.3. The van der Waals surface area contributed by atoms with Gasteiger partial charge in [0, 0.05) is 17.5 Å². The number of hydrogen-bond acceptors (Lipinski definition) is 6. The van der Waals surface area contributed by atoms with E-state index in [1.807, 2.05) is 12.1 Å². The average Bonchev–Trinajstić information content (AvgIpc) is 3.24. The molecule has 6 heteroatoms. The topological polar surface area (TPSA) is 60.6 Å². The van der Waals surface area contributed by atoms with Crippen molar-refractivity contribution in [3.8, 4) is 11.5 Å². The Balaban J connectivity index is 1.82. The highest BCUT2D eigenvalue weighted by molar-refractivity contribution is 5.42. The maximum atomic E-state index is 5.56. The highest BCUT2D eigenvalue weighted by Gasteiger charge is 2.30. The van der Waals surface area contributed by atoms with Crippen LogP contribution in [-0.2, 0) is 6.54 Å². The minimum atomic E-state index is 0.268. The summed E-state index contributed by atoms with van der Waals surface area (Å²) in [5.74, 6) is 3.45. The van der Waals surface area contributed by atoms with E-state index in [1.165, 1.54) is 0 Å². The quantitative estimate of drug-likeness (QED) is 0.807. The Labute approximate surface area is 142 Å². The Bertz CT molecular complexity index is 684. The smallest absolute Gasteiger partial charge is 0.240 e. The second-order valence-corrected chi connectivity index (χ2v) is 6.44. The van der Waals surface area contributed by atoms with Gasteiger partial charge in [-0.2, -0.15) is 4.98 Å². The summed E-state index contributed by atoms with van der Waals surface area (Å²) in [6.07, 6.45) is 2.21. The molecule has 0 radical (unpaired) electrons. The van der Waals surface area contributed by atoms with Crippen LogP contribution in [0.3, 0.4) is 0 Å². The molecule has 1 aliphatic rings. The van der Waals surface area contributed by atoms with Gasteiger partial charge >= 0.3 is 0 Å². The highest BCUT2D eigenvalue weighted by Crippen LogP contribution is 2.39. The summed E-state index contributed by atoms with van der Waals surface area (Å²) in [5, 5.41) is 4.06. The van der Waals surface area contributed by atoms with Crippen LogP contribution in [0, 0.1) is 0 Å². The van der Waals surface area contributed by atoms with E-state index in [9.17, 15) is 0 Å². The lowest BCUT2D eigenvalue weighted by Gasteiger charge is -2.25. The van der Waals surface area contributed by atoms with Gasteiger partial charge in [-0.3, -0.25) is 4.90 Å². The molecule has 1 saturated heterocycles. The second kappa shape index (κ2) is 7.21. The summed E-state index contributed by atoms with van der Waals surface area (Å²) in [6, 6.07) is 6.22. The molecule has 3 rings (SSSR count). The molecule has 24 heavy (non-hydrogen) atoms. The number of likely N-dealkylation sites (tertiary alicyclic amines) is 1. The monoisotopic (exact) mass is 331 g/mol. The summed E-state index contributed by atoms with van der Waals surface area (Å²) in [5.41, 5.74) is 1.15. The maximum absolute atomic E-state index is 5.56. The summed E-state index contributed by atoms with van der Waals surface area (Å²) >= 11 is 0. The van der Waals surface area contributed by atoms with Crippen LogP contribution in [-0.4, -0.2) is 35.8 Å². The van der Waals surface area contributed by atoms with E-state index in [-0.39, 0.29) is 12.0 Å². The lowest BCUT2D eigenvalue weighted by Crippen LogP contribution is -2.23. The highest BCUT2D eigenvalue weighted by atomic mass is 16.5. The number of nitrogens with zero attached hydrogens (tertiary/aromatic N) is 3. The number of benzene rings is 1. The molecule has 0 aliphatic carbocycles. The van der Waals surface area contributed by atoms with E-state index in [1.54, 1.807) is 14.2 Å². The van der Waals surface area contributed by atoms with Gasteiger partial charge in [0.2, 0.25) is 5.89 Å². The fraction of sp³-hybridized carbons (Fsp3) is 0.556. The van der Waals surface area contributed by atoms with Crippen molar-refractivity contribution in [2.24, 2.45) is 0 Å². The summed E-state index contributed by atoms with van der Waals surface area (Å²) in [6.45, 7) is 5.79. The lowest BCUT2D eigenvalue weighted by molar-refractivity contribution is 0.208. The van der Waals surface area contributed by atoms with Crippen LogP contribution >= 0.6 is 0 Å². The molecule has 1 aromatic carbocycles. The van der Waals surface area contributed by atoms with Crippen molar-refractivity contribution in [3.63, 3.8) is 0 Å². The molecule has 6 nitrogen and oxygen atoms in total. The predicted molar refractivity (Wildman–Crippen MR) is 90.3 cm³/mol. The number of ether oxygens (including phenoxy) is 2. The van der Waals surface area contributed by atoms with Gasteiger partial charge in [0.15, 0.2) is 5.82 Å². The van der Waals surface area contributed by atoms with Gasteiger partial charge in [0.25, 0.3) is 0 Å². The SMILES string of the molecule is COc1ccc(OC)c(C2CCCN2Cc2nc(C(C)C)no2)c1. The third kappa shape index (κ3) is 3.38. The largest absolute Gasteiger partial charge is 0.497 e. The number of hydrogen-bond donors (Lipinski definition) is 0. The molecule has 1 atom stereocenters. The minimum absolute atomic E-state index is 0.268. The van der Waals surface area contributed by atoms with Crippen molar-refractivity contribution in [2.75, 3.05) is 20.8 Å². The van der Waals surface area contributed by atoms with E-state index in [0.717, 1.165) is 42.3 Å². The first-order valence-corrected chi connectivity index (χ1v) is 8.40. The van der Waals surface area contributed by atoms with Gasteiger partial charge in [-0.05, 0) is 37.6 Å². The van der Waals surface area contributed by atoms with E-state index < -0.39 is 0 Å². The first-order chi connectivity index (χ1) is 11.6. The predicted octanol–water partition coefficient (Wildman–Crippen LogP) is 3.55. The first kappa shape index (κ1) is 16.8. The number of aromatic nitrogens is 2. The van der Waals surface area contributed by atoms with E-state index >= 15 is 0 Å². The van der Waals surface area contributed by atoms with Gasteiger partial charge < -0.3 is 14.0 Å². The van der Waals surface area contributed by atoms with E-state index in [0.29, 0.717) is 12.4 Å². The Morgan fingerprint density at radius 1 is 1.29 bits per heavy atom. The van der Waals surface area contributed by atoms with Crippen molar-refractivity contribution < 1.29 is 14.0 Å². The number of rotatable bonds is 6. The zero-order valence-electron chi connectivity index (χ0n) is 14.8. The molecule has 0 spiro atoms. The van der Waals surface area contributed by atoms with Crippen molar-refractivity contribution in [2.45, 2.75) is 45.2 Å². The Morgan fingerprint density at radius 2 is 2.12 bits per heavy atom. The van der Waals surface area contributed by atoms with Crippen LogP contribution in [0.25, 0.3) is 0 Å². The van der Waals surface area contributed by atoms with Crippen LogP contribution in [0.2, 0.25) is 0 Å². The molecule has 0 N–H and O–H groups in total. The van der Waals surface area contributed by atoms with Crippen LogP contribution in [0.4, 0.5) is 0 Å². The van der Waals surface area contributed by atoms with Gasteiger partial charge in [-0.15, -0.1) is 0 Å². The summed E-state index contributed by atoms with van der Waals surface area (Å²) in [4.78, 5) is 6.87. The zero-order chi connectivity index (χ0) is 17.1. The first-order valence-electron chi connectivity index (χ1n) is 8.40. The molecule has 1 aliphatic heterocycles. The standard InChI is InChI=1S/C18H25N3O3/c1-12(2)18-19-17(24-20-18)11-21-9-5-6-15(21)14-10-13(22-3)7-8-16(14)23-4/h7-8,10,12,15H,5-6,9,11H2,1-4H3. The molecule has 1 fully saturated rings. The van der Waals surface area contributed by atoms with Crippen molar-refractivity contribution in [1.82, 2.24) is 15.0 Å². The zero-order valence-corrected chi connectivity index (χ0v) is 14.8. The molecule has 2 heterocycles. The summed E-state index contributed by atoms with van der Waals surface area (Å²) in [7, 11) is 3.39. The van der Waals surface area contributed by atoms with E-state index in [2.05, 4.69) is 35.0 Å². The molecule has 2 aromatic rings. The van der Waals surface area contributed by atoms with Gasteiger partial charge in [0.1, 0.15) is 11.5 Å². The Hall–Kier alpha value is -2.08. The molecular weight excluding hydrogens is 306 g/mol. The van der Waals surface area contributed by atoms with Crippen LogP contribution in [0.1, 0.15) is 55.9 Å². The average molecular weight is 331 g/mol. The second-order valence-electron chi connectivity index (χ2n) is 6.44. The van der Waals surface area contributed by atoms with Crippen molar-refractivity contribution in [1.29, 1.82) is 0 Å². The van der Waals surface area contributed by atoms with Crippen LogP contribution in [0.5, 0.6) is 11.5 Å². The fourth-order valence-electron chi connectivity index (χ4n) is 3.21. The Morgan fingerprint density at radius 3 is 2.79 bits per heavy atom. The molecule has 0 saturated carbocycles. The Kier molecular flexibility index (Phi) is 5.04. The minimum Gasteiger partial charge on any atom is -0.497 e. The van der Waals surface area contributed by atoms with Crippen molar-refractivity contribution in [3.05, 3.63) is 35.5 Å².